The molecule has 98 valence electrons. The summed E-state index contributed by atoms with van der Waals surface area (Å²) in [5, 5.41) is 4.91. The molecule has 18 heavy (non-hydrogen) atoms. The van der Waals surface area contributed by atoms with Crippen LogP contribution in [0.3, 0.4) is 0 Å². The number of piperidine rings is 1. The lowest BCUT2D eigenvalue weighted by molar-refractivity contribution is 0.262. The monoisotopic (exact) mass is 282 g/mol. The Kier molecular flexibility index (Phi) is 4.46. The van der Waals surface area contributed by atoms with Gasteiger partial charge < -0.3 is 10.2 Å². The van der Waals surface area contributed by atoms with Crippen molar-refractivity contribution in [3.8, 4) is 0 Å². The average Bonchev–Trinajstić information content (AvgIpc) is 2.35. The number of thiocarbonyl (C=S) groups is 1. The van der Waals surface area contributed by atoms with Crippen LogP contribution in [-0.4, -0.2) is 22.6 Å². The molecule has 1 aromatic carbocycles. The normalized spacial score (nSPS) is 19.7. The van der Waals surface area contributed by atoms with Crippen LogP contribution >= 0.6 is 23.8 Å². The summed E-state index contributed by atoms with van der Waals surface area (Å²) < 4.78 is 0. The van der Waals surface area contributed by atoms with E-state index >= 15 is 0 Å². The highest BCUT2D eigenvalue weighted by Gasteiger charge is 2.20. The summed E-state index contributed by atoms with van der Waals surface area (Å²) in [4.78, 5) is 2.28. The number of hydrogen-bond donors (Lipinski definition) is 1. The molecule has 1 heterocycles. The first-order valence-electron chi connectivity index (χ1n) is 6.42. The lowest BCUT2D eigenvalue weighted by atomic mass is 10.0. The van der Waals surface area contributed by atoms with E-state index in [1.165, 1.54) is 19.3 Å². The maximum atomic E-state index is 6.11. The van der Waals surface area contributed by atoms with E-state index in [9.17, 15) is 0 Å². The molecule has 1 atom stereocenters. The van der Waals surface area contributed by atoms with Crippen molar-refractivity contribution >= 4 is 34.6 Å². The van der Waals surface area contributed by atoms with Crippen molar-refractivity contribution < 1.29 is 0 Å². The van der Waals surface area contributed by atoms with Gasteiger partial charge in [-0.3, -0.25) is 0 Å². The number of benzene rings is 1. The number of likely N-dealkylation sites (tertiary alicyclic amines) is 1. The van der Waals surface area contributed by atoms with Crippen LogP contribution in [0.25, 0.3) is 0 Å². The van der Waals surface area contributed by atoms with Gasteiger partial charge in [0.15, 0.2) is 5.11 Å². The molecule has 1 fully saturated rings. The summed E-state index contributed by atoms with van der Waals surface area (Å²) in [6.45, 7) is 5.29. The van der Waals surface area contributed by atoms with Gasteiger partial charge in [0.2, 0.25) is 0 Å². The fourth-order valence-electron chi connectivity index (χ4n) is 2.33. The number of nitrogens with one attached hydrogen (secondary N) is 1. The zero-order valence-corrected chi connectivity index (χ0v) is 12.4. The van der Waals surface area contributed by atoms with Gasteiger partial charge in [-0.2, -0.15) is 0 Å². The lowest BCUT2D eigenvalue weighted by Crippen LogP contribution is -2.44. The molecule has 1 aliphatic heterocycles. The molecule has 1 saturated heterocycles. The average molecular weight is 283 g/mol. The van der Waals surface area contributed by atoms with Gasteiger partial charge in [-0.05, 0) is 63.0 Å². The van der Waals surface area contributed by atoms with Crippen molar-refractivity contribution in [2.24, 2.45) is 0 Å². The van der Waals surface area contributed by atoms with Gasteiger partial charge in [-0.25, -0.2) is 0 Å². The molecule has 1 N–H and O–H groups in total. The maximum absolute atomic E-state index is 6.11. The molecule has 0 amide bonds. The van der Waals surface area contributed by atoms with Crippen LogP contribution in [0.5, 0.6) is 0 Å². The molecule has 1 unspecified atom stereocenters. The second-order valence-electron chi connectivity index (χ2n) is 4.88. The smallest absolute Gasteiger partial charge is 0.173 e. The number of halogens is 1. The third-order valence-electron chi connectivity index (χ3n) is 3.57. The van der Waals surface area contributed by atoms with Crippen molar-refractivity contribution in [1.82, 2.24) is 4.90 Å². The van der Waals surface area contributed by atoms with Gasteiger partial charge >= 0.3 is 0 Å². The number of anilines is 1. The third-order valence-corrected chi connectivity index (χ3v) is 4.32. The first-order chi connectivity index (χ1) is 8.59. The van der Waals surface area contributed by atoms with Gasteiger partial charge in [0.05, 0.1) is 0 Å². The van der Waals surface area contributed by atoms with Crippen LogP contribution in [0.2, 0.25) is 5.02 Å². The Morgan fingerprint density at radius 1 is 1.44 bits per heavy atom. The molecule has 1 aromatic rings. The van der Waals surface area contributed by atoms with E-state index in [1.54, 1.807) is 0 Å². The second-order valence-corrected chi connectivity index (χ2v) is 5.67. The Labute approximate surface area is 119 Å². The molecular formula is C14H19ClN2S. The van der Waals surface area contributed by atoms with E-state index < -0.39 is 0 Å². The van der Waals surface area contributed by atoms with Crippen LogP contribution in [0.15, 0.2) is 18.2 Å². The summed E-state index contributed by atoms with van der Waals surface area (Å²) in [5.74, 6) is 0. The second kappa shape index (κ2) is 5.89. The van der Waals surface area contributed by atoms with Crippen molar-refractivity contribution in [3.05, 3.63) is 28.8 Å². The van der Waals surface area contributed by atoms with Gasteiger partial charge in [0.1, 0.15) is 0 Å². The maximum Gasteiger partial charge on any atom is 0.173 e. The fraction of sp³-hybridized carbons (Fsp3) is 0.500. The van der Waals surface area contributed by atoms with E-state index in [-0.39, 0.29) is 0 Å². The lowest BCUT2D eigenvalue weighted by Gasteiger charge is -2.35. The molecule has 0 bridgehead atoms. The molecule has 0 aliphatic carbocycles. The van der Waals surface area contributed by atoms with Gasteiger partial charge in [-0.1, -0.05) is 17.7 Å². The van der Waals surface area contributed by atoms with E-state index in [0.29, 0.717) is 6.04 Å². The zero-order chi connectivity index (χ0) is 13.1. The Morgan fingerprint density at radius 3 is 2.94 bits per heavy atom. The van der Waals surface area contributed by atoms with E-state index in [1.807, 2.05) is 25.1 Å². The Morgan fingerprint density at radius 2 is 2.22 bits per heavy atom. The molecule has 2 nitrogen and oxygen atoms in total. The molecular weight excluding hydrogens is 264 g/mol. The summed E-state index contributed by atoms with van der Waals surface area (Å²) in [5.41, 5.74) is 2.05. The fourth-order valence-corrected chi connectivity index (χ4v) is 2.89. The molecule has 0 aromatic heterocycles. The molecule has 2 rings (SSSR count). The van der Waals surface area contributed by atoms with Crippen LogP contribution < -0.4 is 5.32 Å². The minimum Gasteiger partial charge on any atom is -0.346 e. The SMILES string of the molecule is Cc1c(Cl)cccc1NC(=S)N1CCCCC1C. The zero-order valence-electron chi connectivity index (χ0n) is 10.9. The van der Waals surface area contributed by atoms with Crippen molar-refractivity contribution in [3.63, 3.8) is 0 Å². The third kappa shape index (κ3) is 2.96. The highest BCUT2D eigenvalue weighted by molar-refractivity contribution is 7.80. The Hall–Kier alpha value is -0.800. The Balaban J connectivity index is 2.09. The topological polar surface area (TPSA) is 15.3 Å². The predicted octanol–water partition coefficient (Wildman–Crippen LogP) is 4.22. The molecule has 0 radical (unpaired) electrons. The largest absolute Gasteiger partial charge is 0.346 e. The number of rotatable bonds is 1. The summed E-state index contributed by atoms with van der Waals surface area (Å²) >= 11 is 11.6. The van der Waals surface area contributed by atoms with Crippen molar-refractivity contribution in [2.75, 3.05) is 11.9 Å². The van der Waals surface area contributed by atoms with Crippen molar-refractivity contribution in [1.29, 1.82) is 0 Å². The molecule has 0 spiro atoms. The summed E-state index contributed by atoms with van der Waals surface area (Å²) in [6.07, 6.45) is 3.74. The van der Waals surface area contributed by atoms with Gasteiger partial charge in [0, 0.05) is 23.3 Å². The minimum atomic E-state index is 0.526. The van der Waals surface area contributed by atoms with E-state index in [2.05, 4.69) is 17.1 Å². The summed E-state index contributed by atoms with van der Waals surface area (Å²) in [7, 11) is 0. The van der Waals surface area contributed by atoms with Crippen LogP contribution in [0, 0.1) is 6.92 Å². The van der Waals surface area contributed by atoms with Crippen molar-refractivity contribution in [2.45, 2.75) is 39.2 Å². The van der Waals surface area contributed by atoms with E-state index in [0.717, 1.165) is 27.9 Å². The van der Waals surface area contributed by atoms with Crippen LogP contribution in [0.4, 0.5) is 5.69 Å². The first-order valence-corrected chi connectivity index (χ1v) is 7.21. The van der Waals surface area contributed by atoms with Gasteiger partial charge in [-0.15, -0.1) is 0 Å². The predicted molar refractivity (Wildman–Crippen MR) is 82.4 cm³/mol. The van der Waals surface area contributed by atoms with E-state index in [4.69, 9.17) is 23.8 Å². The molecule has 0 saturated carbocycles. The molecule has 4 heteroatoms. The summed E-state index contributed by atoms with van der Waals surface area (Å²) in [6, 6.07) is 6.38. The molecule has 1 aliphatic rings. The van der Waals surface area contributed by atoms with Crippen LogP contribution in [0.1, 0.15) is 31.7 Å². The number of nitrogens with zero attached hydrogens (tertiary/aromatic N) is 1. The standard InChI is InChI=1S/C14H19ClN2S/c1-10-6-3-4-9-17(10)14(18)16-13-8-5-7-12(15)11(13)2/h5,7-8,10H,3-4,6,9H2,1-2H3,(H,16,18). The number of hydrogen-bond acceptors (Lipinski definition) is 1. The Bertz CT molecular complexity index is 447. The van der Waals surface area contributed by atoms with Gasteiger partial charge in [0.25, 0.3) is 0 Å². The highest BCUT2D eigenvalue weighted by atomic mass is 35.5. The highest BCUT2D eigenvalue weighted by Crippen LogP contribution is 2.24. The first kappa shape index (κ1) is 13.6. The van der Waals surface area contributed by atoms with Crippen LogP contribution in [-0.2, 0) is 0 Å². The minimum absolute atomic E-state index is 0.526. The quantitative estimate of drug-likeness (QED) is 0.777.